The van der Waals surface area contributed by atoms with E-state index in [2.05, 4.69) is 66.3 Å². The van der Waals surface area contributed by atoms with E-state index in [0.29, 0.717) is 19.5 Å². The number of aromatic nitrogens is 2. The van der Waals surface area contributed by atoms with Crippen LogP contribution in [0.4, 0.5) is 4.79 Å². The minimum atomic E-state index is -1.99. The molecule has 1 N–H and O–H groups in total. The van der Waals surface area contributed by atoms with Crippen molar-refractivity contribution < 1.29 is 14.0 Å². The molecular weight excluding hydrogens is 539 g/mol. The predicted octanol–water partition coefficient (Wildman–Crippen LogP) is 6.89. The molecule has 2 aromatic carbocycles. The molecule has 1 aromatic heterocycles. The molecule has 1 heterocycles. The summed E-state index contributed by atoms with van der Waals surface area (Å²) in [7, 11) is -3.97. The van der Waals surface area contributed by atoms with Crippen LogP contribution in [0.25, 0.3) is 11.1 Å². The first-order valence-electron chi connectivity index (χ1n) is 13.3. The Kier molecular flexibility index (Phi) is 9.33. The minimum Gasteiger partial charge on any atom is -0.465 e. The van der Waals surface area contributed by atoms with Crippen LogP contribution in [-0.2, 0) is 10.5 Å². The Hall–Kier alpha value is -2.91. The second-order valence-electron chi connectivity index (χ2n) is 11.2. The number of carbonyl (C=O) groups is 1. The maximum atomic E-state index is 12.3. The van der Waals surface area contributed by atoms with Crippen molar-refractivity contribution in [2.45, 2.75) is 56.1 Å². The van der Waals surface area contributed by atoms with Crippen molar-refractivity contribution in [3.63, 3.8) is 0 Å². The molecule has 1 aliphatic rings. The number of benzene rings is 2. The van der Waals surface area contributed by atoms with Crippen LogP contribution in [0.1, 0.15) is 29.0 Å². The van der Waals surface area contributed by atoms with Crippen LogP contribution in [0.15, 0.2) is 66.1 Å². The highest BCUT2D eigenvalue weighted by Crippen LogP contribution is 2.44. The first kappa shape index (κ1) is 29.1. The highest BCUT2D eigenvalue weighted by atomic mass is 32.2. The molecule has 1 aliphatic carbocycles. The highest BCUT2D eigenvalue weighted by Gasteiger charge is 2.34. The normalized spacial score (nSPS) is 13.0. The van der Waals surface area contributed by atoms with E-state index in [9.17, 15) is 9.90 Å². The average Bonchev–Trinajstić information content (AvgIpc) is 3.21. The zero-order chi connectivity index (χ0) is 28.0. The van der Waals surface area contributed by atoms with Gasteiger partial charge in [0, 0.05) is 48.8 Å². The van der Waals surface area contributed by atoms with Crippen LogP contribution in [0.5, 0.6) is 0 Å². The van der Waals surface area contributed by atoms with Crippen molar-refractivity contribution in [2.24, 2.45) is 0 Å². The van der Waals surface area contributed by atoms with Crippen LogP contribution in [0, 0.1) is 12.3 Å². The molecule has 9 heteroatoms. The minimum absolute atomic E-state index is 0.0567. The Morgan fingerprint density at radius 1 is 1.03 bits per heavy atom. The predicted molar refractivity (Wildman–Crippen MR) is 164 cm³/mol. The molecule has 39 heavy (non-hydrogen) atoms. The largest absolute Gasteiger partial charge is 0.465 e. The van der Waals surface area contributed by atoms with Gasteiger partial charge in [0.15, 0.2) is 21.8 Å². The third-order valence-corrected chi connectivity index (χ3v) is 16.7. The van der Waals surface area contributed by atoms with E-state index in [0.717, 1.165) is 28.6 Å². The van der Waals surface area contributed by atoms with Gasteiger partial charge in [0.05, 0.1) is 0 Å². The van der Waals surface area contributed by atoms with Crippen molar-refractivity contribution in [3.8, 4) is 23.5 Å². The maximum Gasteiger partial charge on any atom is 0.407 e. The van der Waals surface area contributed by atoms with Gasteiger partial charge in [-0.05, 0) is 60.9 Å². The Bertz CT molecular complexity index is 1300. The summed E-state index contributed by atoms with van der Waals surface area (Å²) in [5.41, 5.74) is 5.79. The molecule has 0 saturated heterocycles. The number of rotatable bonds is 12. The summed E-state index contributed by atoms with van der Waals surface area (Å²) < 4.78 is 6.79. The topological polar surface area (TPSA) is 75.5 Å². The quantitative estimate of drug-likeness (QED) is 0.110. The number of hydrogen-bond donors (Lipinski definition) is 1. The molecule has 0 radical (unpaired) electrons. The lowest BCUT2D eigenvalue weighted by atomic mass is 9.96. The Labute approximate surface area is 238 Å². The maximum absolute atomic E-state index is 12.3. The van der Waals surface area contributed by atoms with E-state index in [4.69, 9.17) is 10.5 Å². The van der Waals surface area contributed by atoms with Crippen LogP contribution in [0.2, 0.25) is 32.2 Å². The molecule has 0 fully saturated rings. The van der Waals surface area contributed by atoms with Crippen molar-refractivity contribution in [2.75, 3.05) is 18.5 Å². The first-order valence-corrected chi connectivity index (χ1v) is 20.5. The Balaban J connectivity index is 1.31. The van der Waals surface area contributed by atoms with Crippen LogP contribution in [-0.4, -0.2) is 61.2 Å². The van der Waals surface area contributed by atoms with Gasteiger partial charge in [-0.1, -0.05) is 60.3 Å². The van der Waals surface area contributed by atoms with Gasteiger partial charge in [-0.2, -0.15) is 0 Å². The monoisotopic (exact) mass is 575 g/mol. The number of terminal acetylenes is 1. The lowest BCUT2D eigenvalue weighted by Gasteiger charge is -2.34. The molecule has 3 aromatic rings. The van der Waals surface area contributed by atoms with Gasteiger partial charge < -0.3 is 14.1 Å². The molecule has 0 aliphatic heterocycles. The second kappa shape index (κ2) is 12.5. The molecular formula is C30H37N3O3SSi2. The van der Waals surface area contributed by atoms with Gasteiger partial charge >= 0.3 is 6.09 Å². The van der Waals surface area contributed by atoms with Crippen LogP contribution < -0.4 is 0 Å². The van der Waals surface area contributed by atoms with Crippen molar-refractivity contribution in [1.82, 2.24) is 14.9 Å². The summed E-state index contributed by atoms with van der Waals surface area (Å²) in [6, 6.07) is 17.6. The van der Waals surface area contributed by atoms with Gasteiger partial charge in [0.2, 0.25) is 0 Å². The highest BCUT2D eigenvalue weighted by molar-refractivity contribution is 8.00. The van der Waals surface area contributed by atoms with E-state index >= 15 is 0 Å². The molecule has 1 amide bonds. The Morgan fingerprint density at radius 3 is 2.18 bits per heavy atom. The number of thioether (sulfide) groups is 1. The third-order valence-electron chi connectivity index (χ3n) is 6.93. The molecule has 0 bridgehead atoms. The number of carboxylic acid groups (broad SMARTS) is 1. The average molecular weight is 576 g/mol. The van der Waals surface area contributed by atoms with Gasteiger partial charge in [0.1, 0.15) is 0 Å². The lowest BCUT2D eigenvalue weighted by molar-refractivity contribution is 0.143. The lowest BCUT2D eigenvalue weighted by Crippen LogP contribution is -2.46. The number of amides is 1. The number of hydrogen-bond acceptors (Lipinski definition) is 5. The van der Waals surface area contributed by atoms with E-state index in [-0.39, 0.29) is 5.92 Å². The molecule has 0 saturated carbocycles. The van der Waals surface area contributed by atoms with Crippen molar-refractivity contribution in [1.29, 1.82) is 0 Å². The smallest absolute Gasteiger partial charge is 0.407 e. The summed E-state index contributed by atoms with van der Waals surface area (Å²) in [5, 5.41) is 11.7. The van der Waals surface area contributed by atoms with E-state index < -0.39 is 22.7 Å². The molecule has 4 rings (SSSR count). The fraction of sp³-hybridized carbons (Fsp3) is 0.367. The zero-order valence-corrected chi connectivity index (χ0v) is 26.0. The summed E-state index contributed by atoms with van der Waals surface area (Å²) in [6.07, 6.45) is 9.41. The molecule has 6 nitrogen and oxygen atoms in total. The SMILES string of the molecule is C#CCc1cnc(SC[Si](C)(C)O[Si](C)(C)CCCN(CC2c3ccccc3-c3ccccc32)C(=O)O)nc1. The molecule has 0 spiro atoms. The van der Waals surface area contributed by atoms with E-state index in [1.54, 1.807) is 29.1 Å². The summed E-state index contributed by atoms with van der Waals surface area (Å²) in [4.78, 5) is 22.7. The fourth-order valence-electron chi connectivity index (χ4n) is 5.33. The molecule has 0 unspecified atom stereocenters. The van der Waals surface area contributed by atoms with Gasteiger partial charge in [-0.25, -0.2) is 14.8 Å². The number of nitrogens with zero attached hydrogens (tertiary/aromatic N) is 3. The summed E-state index contributed by atoms with van der Waals surface area (Å²) in [5.74, 6) is 2.67. The second-order valence-corrected chi connectivity index (χ2v) is 21.4. The van der Waals surface area contributed by atoms with Gasteiger partial charge in [-0.3, -0.25) is 0 Å². The molecule has 204 valence electrons. The zero-order valence-electron chi connectivity index (χ0n) is 23.2. The van der Waals surface area contributed by atoms with Crippen LogP contribution >= 0.6 is 11.8 Å². The van der Waals surface area contributed by atoms with Gasteiger partial charge in [-0.15, -0.1) is 12.3 Å². The summed E-state index contributed by atoms with van der Waals surface area (Å²) >= 11 is 1.63. The van der Waals surface area contributed by atoms with Gasteiger partial charge in [0.25, 0.3) is 0 Å². The first-order chi connectivity index (χ1) is 18.6. The van der Waals surface area contributed by atoms with Crippen molar-refractivity contribution in [3.05, 3.63) is 77.6 Å². The summed E-state index contributed by atoms with van der Waals surface area (Å²) in [6.45, 7) is 9.92. The fourth-order valence-corrected chi connectivity index (χ4v) is 15.7. The van der Waals surface area contributed by atoms with Crippen LogP contribution in [0.3, 0.4) is 0 Å². The van der Waals surface area contributed by atoms with Crippen molar-refractivity contribution >= 4 is 34.5 Å². The standard InChI is InChI=1S/C30H37N3O3SSi2/c1-6-12-23-19-31-29(32-20-23)37-22-39(4,5)36-38(2,3)18-11-17-33(30(34)35)21-28-26-15-9-7-13-24(26)25-14-8-10-16-27(25)28/h1,7-10,13-16,19-20,28H,11-12,17-18,21-22H2,2-5H3,(H,34,35). The van der Waals surface area contributed by atoms with E-state index in [1.807, 2.05) is 24.3 Å². The van der Waals surface area contributed by atoms with E-state index in [1.165, 1.54) is 22.3 Å². The number of fused-ring (bicyclic) bond motifs is 3. The third kappa shape index (κ3) is 7.60. The molecule has 0 atom stereocenters. The Morgan fingerprint density at radius 2 is 1.62 bits per heavy atom.